The third kappa shape index (κ3) is 5.32. The summed E-state index contributed by atoms with van der Waals surface area (Å²) in [7, 11) is 2.27. The Labute approximate surface area is 228 Å². The van der Waals surface area contributed by atoms with Crippen LogP contribution in [0, 0.1) is 21.4 Å². The lowest BCUT2D eigenvalue weighted by Crippen LogP contribution is -2.40. The van der Waals surface area contributed by atoms with Crippen LogP contribution < -0.4 is 10.6 Å². The number of rotatable bonds is 7. The van der Waals surface area contributed by atoms with Crippen LogP contribution in [-0.2, 0) is 19.1 Å². The molecule has 3 aromatic carbocycles. The van der Waals surface area contributed by atoms with Gasteiger partial charge in [-0.15, -0.1) is 0 Å². The van der Waals surface area contributed by atoms with Gasteiger partial charge in [-0.3, -0.25) is 15.0 Å². The number of nitriles is 1. The average molecular weight is 543 g/mol. The van der Waals surface area contributed by atoms with E-state index in [1.165, 1.54) is 23.9 Å². The molecule has 1 aliphatic rings. The van der Waals surface area contributed by atoms with E-state index in [2.05, 4.69) is 6.07 Å². The molecule has 1 aliphatic heterocycles. The largest absolute Gasteiger partial charge is 0.466 e. The van der Waals surface area contributed by atoms with Gasteiger partial charge in [-0.25, -0.2) is 9.59 Å². The van der Waals surface area contributed by atoms with E-state index in [-0.39, 0.29) is 34.0 Å². The number of nitrogens with two attached hydrogens (primary N) is 1. The Kier molecular flexibility index (Phi) is 7.98. The predicted octanol–water partition coefficient (Wildman–Crippen LogP) is 4.64. The van der Waals surface area contributed by atoms with Crippen molar-refractivity contribution in [2.24, 2.45) is 5.73 Å². The molecule has 0 saturated heterocycles. The number of ether oxygens (including phenoxy) is 2. The maximum absolute atomic E-state index is 13.3. The summed E-state index contributed by atoms with van der Waals surface area (Å²) in [6, 6.07) is 24.0. The van der Waals surface area contributed by atoms with Crippen LogP contribution in [0.25, 0.3) is 0 Å². The monoisotopic (exact) mass is 542 g/mol. The minimum absolute atomic E-state index is 0.0435. The number of nitro groups is 1. The van der Waals surface area contributed by atoms with Crippen molar-refractivity contribution in [3.05, 3.63) is 117 Å². The summed E-state index contributed by atoms with van der Waals surface area (Å²) in [5, 5.41) is 22.1. The number of carbonyl (C=O) groups excluding carboxylic acids is 2. The van der Waals surface area contributed by atoms with E-state index in [9.17, 15) is 25.0 Å². The van der Waals surface area contributed by atoms with Gasteiger partial charge < -0.3 is 15.2 Å². The molecular weight excluding hydrogens is 520 g/mol. The van der Waals surface area contributed by atoms with Crippen molar-refractivity contribution in [2.75, 3.05) is 19.1 Å². The summed E-state index contributed by atoms with van der Waals surface area (Å²) in [4.78, 5) is 40.2. The molecule has 10 nitrogen and oxygen atoms in total. The molecule has 11 heteroatoms. The summed E-state index contributed by atoms with van der Waals surface area (Å²) in [5.74, 6) is -3.07. The van der Waals surface area contributed by atoms with Crippen LogP contribution in [0.3, 0.4) is 0 Å². The third-order valence-electron chi connectivity index (χ3n) is 5.93. The van der Waals surface area contributed by atoms with E-state index >= 15 is 0 Å². The Morgan fingerprint density at radius 1 is 0.974 bits per heavy atom. The van der Waals surface area contributed by atoms with Crippen LogP contribution >= 0.6 is 11.8 Å². The quantitative estimate of drug-likeness (QED) is 0.254. The molecule has 0 aliphatic carbocycles. The molecule has 1 heterocycles. The fourth-order valence-corrected chi connectivity index (χ4v) is 5.19. The fourth-order valence-electron chi connectivity index (χ4n) is 4.27. The van der Waals surface area contributed by atoms with Crippen LogP contribution in [-0.4, -0.2) is 31.1 Å². The molecule has 0 radical (unpaired) electrons. The van der Waals surface area contributed by atoms with Crippen molar-refractivity contribution in [3.8, 4) is 6.07 Å². The molecule has 4 rings (SSSR count). The molecule has 196 valence electrons. The van der Waals surface area contributed by atoms with Crippen LogP contribution in [0.15, 0.2) is 111 Å². The summed E-state index contributed by atoms with van der Waals surface area (Å²) in [6.07, 6.45) is 0. The molecular formula is C28H22N4O6S. The number of methoxy groups -OCH3 is 2. The molecule has 2 N–H and O–H groups in total. The highest BCUT2D eigenvalue weighted by molar-refractivity contribution is 7.99. The second-order valence-corrected chi connectivity index (χ2v) is 9.34. The van der Waals surface area contributed by atoms with Crippen molar-refractivity contribution in [3.63, 3.8) is 0 Å². The van der Waals surface area contributed by atoms with E-state index in [1.807, 2.05) is 30.3 Å². The highest BCUT2D eigenvalue weighted by Gasteiger charge is 2.43. The number of hydrogen-bond acceptors (Lipinski definition) is 10. The lowest BCUT2D eigenvalue weighted by atomic mass is 9.81. The zero-order chi connectivity index (χ0) is 28.1. The molecule has 1 unspecified atom stereocenters. The molecule has 0 amide bonds. The number of nitrogens with zero attached hydrogens (tertiary/aromatic N) is 3. The van der Waals surface area contributed by atoms with Gasteiger partial charge in [-0.1, -0.05) is 60.3 Å². The van der Waals surface area contributed by atoms with Gasteiger partial charge >= 0.3 is 11.9 Å². The zero-order valence-electron chi connectivity index (χ0n) is 20.9. The number of nitro benzene ring substituents is 1. The zero-order valence-corrected chi connectivity index (χ0v) is 21.7. The highest BCUT2D eigenvalue weighted by atomic mass is 32.2. The highest BCUT2D eigenvalue weighted by Crippen LogP contribution is 2.44. The first-order valence-electron chi connectivity index (χ1n) is 11.5. The Morgan fingerprint density at radius 3 is 2.15 bits per heavy atom. The molecule has 1 atom stereocenters. The van der Waals surface area contributed by atoms with Gasteiger partial charge in [0, 0.05) is 21.9 Å². The van der Waals surface area contributed by atoms with Gasteiger partial charge in [0.2, 0.25) is 0 Å². The number of allylic oxidation sites excluding steroid dienone is 1. The van der Waals surface area contributed by atoms with E-state index in [1.54, 1.807) is 36.4 Å². The summed E-state index contributed by atoms with van der Waals surface area (Å²) < 4.78 is 10.1. The maximum atomic E-state index is 13.3. The number of non-ortho nitro benzene ring substituents is 1. The van der Waals surface area contributed by atoms with Crippen molar-refractivity contribution in [2.45, 2.75) is 15.7 Å². The van der Waals surface area contributed by atoms with Crippen LogP contribution in [0.4, 0.5) is 11.4 Å². The molecule has 39 heavy (non-hydrogen) atoms. The molecule has 0 fully saturated rings. The summed E-state index contributed by atoms with van der Waals surface area (Å²) in [6.45, 7) is 0. The number of anilines is 1. The molecule has 0 bridgehead atoms. The van der Waals surface area contributed by atoms with Crippen molar-refractivity contribution in [1.29, 1.82) is 5.26 Å². The average Bonchev–Trinajstić information content (AvgIpc) is 2.96. The Balaban J connectivity index is 2.03. The van der Waals surface area contributed by atoms with Crippen molar-refractivity contribution in [1.82, 2.24) is 0 Å². The number of carbonyl (C=O) groups is 2. The van der Waals surface area contributed by atoms with Gasteiger partial charge in [0.25, 0.3) is 5.69 Å². The van der Waals surface area contributed by atoms with Gasteiger partial charge in [-0.05, 0) is 23.8 Å². The first-order chi connectivity index (χ1) is 18.8. The summed E-state index contributed by atoms with van der Waals surface area (Å²) in [5.41, 5.74) is 6.28. The number of benzene rings is 3. The second-order valence-electron chi connectivity index (χ2n) is 8.19. The lowest BCUT2D eigenvalue weighted by Gasteiger charge is -2.35. The van der Waals surface area contributed by atoms with Gasteiger partial charge in [0.05, 0.1) is 48.0 Å². The number of hydrogen-bond donors (Lipinski definition) is 1. The van der Waals surface area contributed by atoms with Gasteiger partial charge in [0.15, 0.2) is 0 Å². The van der Waals surface area contributed by atoms with Crippen LogP contribution in [0.2, 0.25) is 0 Å². The van der Waals surface area contributed by atoms with E-state index in [0.717, 1.165) is 24.0 Å². The normalized spacial score (nSPS) is 15.0. The van der Waals surface area contributed by atoms with E-state index < -0.39 is 22.8 Å². The Morgan fingerprint density at radius 2 is 1.59 bits per heavy atom. The predicted molar refractivity (Wildman–Crippen MR) is 143 cm³/mol. The Hall–Kier alpha value is -5.08. The Bertz CT molecular complexity index is 1550. The lowest BCUT2D eigenvalue weighted by molar-refractivity contribution is -0.385. The molecule has 3 aromatic rings. The van der Waals surface area contributed by atoms with E-state index in [0.29, 0.717) is 10.5 Å². The first-order valence-corrected chi connectivity index (χ1v) is 12.3. The number of esters is 2. The first kappa shape index (κ1) is 27.0. The maximum Gasteiger partial charge on any atom is 0.355 e. The van der Waals surface area contributed by atoms with Crippen LogP contribution in [0.1, 0.15) is 11.5 Å². The minimum Gasteiger partial charge on any atom is -0.466 e. The smallest absolute Gasteiger partial charge is 0.355 e. The SMILES string of the molecule is COC(=O)C1=C(C(=O)OC)N(c2cc(Sc3ccccc3)cc([N+](=O)[O-])c2)C(N)=C(C#N)C1c1ccccc1. The standard InChI is InChI=1S/C28H22N4O6S/c1-37-27(33)24-23(17-9-5-3-6-10-17)22(16-29)26(30)31(25(24)28(34)38-2)18-13-19(32(35)36)15-21(14-18)39-20-11-7-4-8-12-20/h3-15,23H,30H2,1-2H3. The van der Waals surface area contributed by atoms with Gasteiger partial charge in [-0.2, -0.15) is 5.26 Å². The fraction of sp³-hybridized carbons (Fsp3) is 0.107. The van der Waals surface area contributed by atoms with Crippen molar-refractivity contribution >= 4 is 35.1 Å². The second kappa shape index (κ2) is 11.5. The topological polar surface area (TPSA) is 149 Å². The summed E-state index contributed by atoms with van der Waals surface area (Å²) >= 11 is 1.25. The van der Waals surface area contributed by atoms with E-state index in [4.69, 9.17) is 15.2 Å². The van der Waals surface area contributed by atoms with Crippen LogP contribution in [0.5, 0.6) is 0 Å². The van der Waals surface area contributed by atoms with Crippen molar-refractivity contribution < 1.29 is 24.0 Å². The third-order valence-corrected chi connectivity index (χ3v) is 6.91. The molecule has 0 saturated carbocycles. The molecule has 0 spiro atoms. The minimum atomic E-state index is -1.05. The molecule has 0 aromatic heterocycles. The van der Waals surface area contributed by atoms with Gasteiger partial charge in [0.1, 0.15) is 11.5 Å².